The SMILES string of the molecule is CCCNC(=O)CC(=O)Cc1ccc(OCNc2cccc(-n3c(=S)[nH][nH]c3=S)c2)cc1NCc1ccccc1. The van der Waals surface area contributed by atoms with Crippen molar-refractivity contribution in [2.45, 2.75) is 32.7 Å². The summed E-state index contributed by atoms with van der Waals surface area (Å²) in [4.78, 5) is 24.7. The molecule has 9 nitrogen and oxygen atoms in total. The van der Waals surface area contributed by atoms with Gasteiger partial charge in [-0.25, -0.2) is 0 Å². The van der Waals surface area contributed by atoms with E-state index in [-0.39, 0.29) is 31.3 Å². The lowest BCUT2D eigenvalue weighted by Crippen LogP contribution is -2.26. The lowest BCUT2D eigenvalue weighted by Gasteiger charge is -2.15. The summed E-state index contributed by atoms with van der Waals surface area (Å²) in [7, 11) is 0. The molecule has 4 aromatic rings. The smallest absolute Gasteiger partial charge is 0.227 e. The Morgan fingerprint density at radius 1 is 0.925 bits per heavy atom. The second-order valence-electron chi connectivity index (χ2n) is 9.11. The van der Waals surface area contributed by atoms with Crippen LogP contribution in [0, 0.1) is 9.54 Å². The molecule has 0 atom stereocenters. The van der Waals surface area contributed by atoms with E-state index in [0.29, 0.717) is 28.4 Å². The summed E-state index contributed by atoms with van der Waals surface area (Å²) in [6, 6.07) is 23.2. The topological polar surface area (TPSA) is 116 Å². The molecule has 3 aromatic carbocycles. The van der Waals surface area contributed by atoms with Gasteiger partial charge in [0, 0.05) is 37.0 Å². The maximum atomic E-state index is 12.6. The van der Waals surface area contributed by atoms with Crippen molar-refractivity contribution < 1.29 is 14.3 Å². The van der Waals surface area contributed by atoms with Gasteiger partial charge < -0.3 is 20.7 Å². The third-order valence-corrected chi connectivity index (χ3v) is 6.60. The van der Waals surface area contributed by atoms with Gasteiger partial charge in [-0.3, -0.25) is 24.4 Å². The number of Topliss-reactive ketones (excluding diaryl/α,β-unsaturated/α-hetero) is 1. The zero-order valence-corrected chi connectivity index (χ0v) is 23.8. The van der Waals surface area contributed by atoms with Crippen LogP contribution in [0.15, 0.2) is 72.8 Å². The molecule has 40 heavy (non-hydrogen) atoms. The lowest BCUT2D eigenvalue weighted by atomic mass is 10.0. The van der Waals surface area contributed by atoms with Crippen molar-refractivity contribution >= 4 is 47.5 Å². The highest BCUT2D eigenvalue weighted by atomic mass is 32.1. The lowest BCUT2D eigenvalue weighted by molar-refractivity contribution is -0.127. The Hall–Kier alpha value is -4.22. The first-order chi connectivity index (χ1) is 19.4. The number of rotatable bonds is 14. The number of aromatic nitrogens is 3. The third kappa shape index (κ3) is 8.14. The Morgan fingerprint density at radius 3 is 2.45 bits per heavy atom. The van der Waals surface area contributed by atoms with Crippen LogP contribution in [0.4, 0.5) is 11.4 Å². The largest absolute Gasteiger partial charge is 0.473 e. The summed E-state index contributed by atoms with van der Waals surface area (Å²) >= 11 is 10.6. The van der Waals surface area contributed by atoms with Crippen LogP contribution < -0.4 is 20.7 Å². The van der Waals surface area contributed by atoms with Crippen LogP contribution in [0.2, 0.25) is 0 Å². The Labute approximate surface area is 243 Å². The summed E-state index contributed by atoms with van der Waals surface area (Å²) in [6.07, 6.45) is 0.828. The van der Waals surface area contributed by atoms with Gasteiger partial charge in [-0.2, -0.15) is 0 Å². The molecule has 1 aromatic heterocycles. The molecule has 0 saturated carbocycles. The Bertz CT molecular complexity index is 1530. The molecule has 0 aliphatic heterocycles. The number of aromatic amines is 2. The molecular formula is C29H32N6O3S2. The summed E-state index contributed by atoms with van der Waals surface area (Å²) in [5.41, 5.74) is 4.34. The highest BCUT2D eigenvalue weighted by Crippen LogP contribution is 2.25. The molecule has 0 aliphatic rings. The molecule has 0 spiro atoms. The number of carbonyl (C=O) groups is 2. The quantitative estimate of drug-likeness (QED) is 0.0745. The fourth-order valence-electron chi connectivity index (χ4n) is 4.04. The van der Waals surface area contributed by atoms with Crippen molar-refractivity contribution in [3.05, 3.63) is 93.5 Å². The maximum absolute atomic E-state index is 12.6. The standard InChI is InChI=1S/C29H32N6O3S2/c1-2-13-30-27(37)16-24(36)14-21-11-12-25(17-26(21)31-18-20-7-4-3-5-8-20)38-19-32-22-9-6-10-23(15-22)35-28(39)33-34-29(35)40/h3-12,15,17,31-32H,2,13-14,16,18-19H2,1H3,(H,30,37)(H,33,39)(H,34,40). The number of nitrogens with one attached hydrogen (secondary N) is 5. The van der Waals surface area contributed by atoms with Crippen molar-refractivity contribution in [1.29, 1.82) is 0 Å². The van der Waals surface area contributed by atoms with E-state index in [1.54, 1.807) is 4.57 Å². The van der Waals surface area contributed by atoms with Gasteiger partial charge in [0.15, 0.2) is 16.3 Å². The molecule has 0 saturated heterocycles. The van der Waals surface area contributed by atoms with E-state index in [1.165, 1.54) is 0 Å². The summed E-state index contributed by atoms with van der Waals surface area (Å²) in [5, 5.41) is 15.1. The van der Waals surface area contributed by atoms with Gasteiger partial charge in [-0.05, 0) is 66.2 Å². The second-order valence-corrected chi connectivity index (χ2v) is 9.89. The first-order valence-electron chi connectivity index (χ1n) is 13.0. The van der Waals surface area contributed by atoms with E-state index in [1.807, 2.05) is 79.7 Å². The van der Waals surface area contributed by atoms with Crippen molar-refractivity contribution in [2.75, 3.05) is 23.9 Å². The minimum atomic E-state index is -0.248. The zero-order chi connectivity index (χ0) is 28.3. The first kappa shape index (κ1) is 28.8. The number of benzene rings is 3. The molecule has 5 N–H and O–H groups in total. The number of carbonyl (C=O) groups excluding carboxylic acids is 2. The summed E-state index contributed by atoms with van der Waals surface area (Å²) < 4.78 is 8.68. The average Bonchev–Trinajstić information content (AvgIpc) is 3.30. The first-order valence-corrected chi connectivity index (χ1v) is 13.8. The highest BCUT2D eigenvalue weighted by Gasteiger charge is 2.14. The zero-order valence-electron chi connectivity index (χ0n) is 22.2. The molecule has 11 heteroatoms. The Kier molecular flexibility index (Phi) is 10.3. The molecule has 0 bridgehead atoms. The van der Waals surface area contributed by atoms with E-state index in [0.717, 1.165) is 34.6 Å². The fourth-order valence-corrected chi connectivity index (χ4v) is 4.59. The van der Waals surface area contributed by atoms with E-state index >= 15 is 0 Å². The molecule has 4 rings (SSSR count). The minimum Gasteiger partial charge on any atom is -0.473 e. The molecule has 0 fully saturated rings. The number of nitrogens with zero attached hydrogens (tertiary/aromatic N) is 1. The summed E-state index contributed by atoms with van der Waals surface area (Å²) in [5.74, 6) is 0.238. The van der Waals surface area contributed by atoms with E-state index in [9.17, 15) is 9.59 Å². The van der Waals surface area contributed by atoms with Crippen LogP contribution in [0.3, 0.4) is 0 Å². The van der Waals surface area contributed by atoms with Crippen LogP contribution in [0.1, 0.15) is 30.9 Å². The Morgan fingerprint density at radius 2 is 1.70 bits per heavy atom. The van der Waals surface area contributed by atoms with Gasteiger partial charge >= 0.3 is 0 Å². The molecule has 1 amide bonds. The third-order valence-electron chi connectivity index (χ3n) is 6.03. The normalized spacial score (nSPS) is 10.6. The van der Waals surface area contributed by atoms with Crippen LogP contribution in [0.5, 0.6) is 5.75 Å². The van der Waals surface area contributed by atoms with Gasteiger partial charge in [-0.15, -0.1) is 0 Å². The highest BCUT2D eigenvalue weighted by molar-refractivity contribution is 7.72. The monoisotopic (exact) mass is 576 g/mol. The predicted octanol–water partition coefficient (Wildman–Crippen LogP) is 5.68. The number of amides is 1. The minimum absolute atomic E-state index is 0.141. The van der Waals surface area contributed by atoms with Crippen LogP contribution >= 0.6 is 24.4 Å². The molecule has 0 radical (unpaired) electrons. The molecule has 0 unspecified atom stereocenters. The summed E-state index contributed by atoms with van der Waals surface area (Å²) in [6.45, 7) is 3.33. The van der Waals surface area contributed by atoms with E-state index < -0.39 is 0 Å². The number of hydrogen-bond acceptors (Lipinski definition) is 7. The number of ketones is 1. The van der Waals surface area contributed by atoms with Gasteiger partial charge in [0.1, 0.15) is 11.5 Å². The van der Waals surface area contributed by atoms with E-state index in [4.69, 9.17) is 29.2 Å². The maximum Gasteiger partial charge on any atom is 0.227 e. The second kappa shape index (κ2) is 14.2. The van der Waals surface area contributed by atoms with Crippen molar-refractivity contribution in [3.8, 4) is 11.4 Å². The Balaban J connectivity index is 1.43. The van der Waals surface area contributed by atoms with E-state index in [2.05, 4.69) is 26.1 Å². The number of H-pyrrole nitrogens is 2. The molecular weight excluding hydrogens is 544 g/mol. The number of anilines is 2. The van der Waals surface area contributed by atoms with Crippen molar-refractivity contribution in [2.24, 2.45) is 0 Å². The van der Waals surface area contributed by atoms with Crippen molar-refractivity contribution in [3.63, 3.8) is 0 Å². The van der Waals surface area contributed by atoms with Crippen molar-refractivity contribution in [1.82, 2.24) is 20.1 Å². The van der Waals surface area contributed by atoms with Crippen LogP contribution in [-0.4, -0.2) is 39.7 Å². The fraction of sp³-hybridized carbons (Fsp3) is 0.241. The van der Waals surface area contributed by atoms with Crippen LogP contribution in [0.25, 0.3) is 5.69 Å². The number of hydrogen-bond donors (Lipinski definition) is 5. The van der Waals surface area contributed by atoms with Crippen LogP contribution in [-0.2, 0) is 22.6 Å². The van der Waals surface area contributed by atoms with Gasteiger partial charge in [0.2, 0.25) is 5.91 Å². The number of ether oxygens (including phenoxy) is 1. The van der Waals surface area contributed by atoms with Gasteiger partial charge in [-0.1, -0.05) is 49.4 Å². The molecule has 1 heterocycles. The molecule has 0 aliphatic carbocycles. The average molecular weight is 577 g/mol. The molecule has 208 valence electrons. The van der Waals surface area contributed by atoms with Gasteiger partial charge in [0.25, 0.3) is 0 Å². The predicted molar refractivity (Wildman–Crippen MR) is 162 cm³/mol. The van der Waals surface area contributed by atoms with Gasteiger partial charge in [0.05, 0.1) is 12.1 Å².